The highest BCUT2D eigenvalue weighted by Crippen LogP contribution is 2.52. The van der Waals surface area contributed by atoms with Crippen molar-refractivity contribution in [1.82, 2.24) is 0 Å². The third kappa shape index (κ3) is 3.44. The van der Waals surface area contributed by atoms with Crippen molar-refractivity contribution in [2.24, 2.45) is 5.92 Å². The van der Waals surface area contributed by atoms with Crippen molar-refractivity contribution in [1.29, 1.82) is 0 Å². The highest BCUT2D eigenvalue weighted by molar-refractivity contribution is 9.11. The molecule has 1 saturated carbocycles. The summed E-state index contributed by atoms with van der Waals surface area (Å²) in [6.45, 7) is 2.29. The lowest BCUT2D eigenvalue weighted by molar-refractivity contribution is 0.243. The van der Waals surface area contributed by atoms with Gasteiger partial charge in [0.25, 0.3) is 0 Å². The molecule has 6 heteroatoms. The molecule has 0 heterocycles. The van der Waals surface area contributed by atoms with Gasteiger partial charge in [0.05, 0.1) is 17.9 Å². The minimum atomic E-state index is -0.171. The van der Waals surface area contributed by atoms with Gasteiger partial charge in [-0.05, 0) is 118 Å². The summed E-state index contributed by atoms with van der Waals surface area (Å²) >= 11 is 13.9. The van der Waals surface area contributed by atoms with Gasteiger partial charge in [0.1, 0.15) is 11.5 Å². The van der Waals surface area contributed by atoms with E-state index in [2.05, 4.69) is 70.6 Å². The molecule has 0 amide bonds. The molecule has 2 aromatic carbocycles. The largest absolute Gasteiger partial charge is 0.506 e. The smallest absolute Gasteiger partial charge is 0.143 e. The molecule has 1 fully saturated rings. The average molecular weight is 598 g/mol. The van der Waals surface area contributed by atoms with Gasteiger partial charge in [-0.2, -0.15) is 0 Å². The summed E-state index contributed by atoms with van der Waals surface area (Å²) in [6.07, 6.45) is 4.55. The van der Waals surface area contributed by atoms with Crippen LogP contribution in [0.5, 0.6) is 11.5 Å². The van der Waals surface area contributed by atoms with Gasteiger partial charge >= 0.3 is 0 Å². The van der Waals surface area contributed by atoms with Gasteiger partial charge in [-0.15, -0.1) is 0 Å². The first kappa shape index (κ1) is 19.7. The molecule has 0 radical (unpaired) electrons. The minimum Gasteiger partial charge on any atom is -0.506 e. The van der Waals surface area contributed by atoms with E-state index in [9.17, 15) is 10.2 Å². The number of hydrogen-bond donors (Lipinski definition) is 2. The molecule has 2 N–H and O–H groups in total. The van der Waals surface area contributed by atoms with Gasteiger partial charge < -0.3 is 10.2 Å². The van der Waals surface area contributed by atoms with Gasteiger partial charge in [0, 0.05) is 5.41 Å². The second kappa shape index (κ2) is 7.53. The third-order valence-electron chi connectivity index (χ3n) is 5.36. The normalized spacial score (nSPS) is 19.8. The van der Waals surface area contributed by atoms with E-state index < -0.39 is 0 Å². The van der Waals surface area contributed by atoms with Crippen molar-refractivity contribution in [3.8, 4) is 11.5 Å². The summed E-state index contributed by atoms with van der Waals surface area (Å²) in [5.74, 6) is 0.874. The summed E-state index contributed by atoms with van der Waals surface area (Å²) in [4.78, 5) is 0. The molecule has 134 valence electrons. The van der Waals surface area contributed by atoms with Gasteiger partial charge in [-0.1, -0.05) is 19.8 Å². The molecule has 2 aromatic rings. The SMILES string of the molecule is CC1CCCCC1(c1cc(Br)c(O)c(Br)c1)c1cc(Br)c(O)c(Br)c1. The zero-order valence-electron chi connectivity index (χ0n) is 13.6. The van der Waals surface area contributed by atoms with Gasteiger partial charge in [-0.3, -0.25) is 0 Å². The van der Waals surface area contributed by atoms with Gasteiger partial charge in [-0.25, -0.2) is 0 Å². The highest BCUT2D eigenvalue weighted by Gasteiger charge is 2.42. The number of hydrogen-bond acceptors (Lipinski definition) is 2. The first-order valence-electron chi connectivity index (χ1n) is 8.14. The van der Waals surface area contributed by atoms with Crippen LogP contribution in [0, 0.1) is 5.92 Å². The van der Waals surface area contributed by atoms with Crippen molar-refractivity contribution < 1.29 is 10.2 Å². The summed E-state index contributed by atoms with van der Waals surface area (Å²) in [5, 5.41) is 20.3. The Bertz CT molecular complexity index is 716. The van der Waals surface area contributed by atoms with Crippen molar-refractivity contribution >= 4 is 63.7 Å². The van der Waals surface area contributed by atoms with E-state index in [1.54, 1.807) is 0 Å². The van der Waals surface area contributed by atoms with Crippen LogP contribution in [0.25, 0.3) is 0 Å². The first-order chi connectivity index (χ1) is 11.8. The summed E-state index contributed by atoms with van der Waals surface area (Å²) in [6, 6.07) is 8.10. The van der Waals surface area contributed by atoms with Gasteiger partial charge in [0.15, 0.2) is 0 Å². The Labute approximate surface area is 181 Å². The van der Waals surface area contributed by atoms with E-state index >= 15 is 0 Å². The van der Waals surface area contributed by atoms with Crippen molar-refractivity contribution in [3.63, 3.8) is 0 Å². The van der Waals surface area contributed by atoms with Crippen LogP contribution in [0.4, 0.5) is 0 Å². The lowest BCUT2D eigenvalue weighted by atomic mass is 9.60. The van der Waals surface area contributed by atoms with Gasteiger partial charge in [0.2, 0.25) is 0 Å². The van der Waals surface area contributed by atoms with E-state index in [4.69, 9.17) is 0 Å². The second-order valence-electron chi connectivity index (χ2n) is 6.70. The topological polar surface area (TPSA) is 40.5 Å². The van der Waals surface area contributed by atoms with E-state index in [1.165, 1.54) is 17.5 Å². The van der Waals surface area contributed by atoms with Crippen LogP contribution in [0.15, 0.2) is 42.2 Å². The van der Waals surface area contributed by atoms with Crippen LogP contribution in [0.2, 0.25) is 0 Å². The fraction of sp³-hybridized carbons (Fsp3) is 0.368. The molecule has 0 spiro atoms. The number of phenols is 2. The first-order valence-corrected chi connectivity index (χ1v) is 11.3. The Morgan fingerprint density at radius 1 is 0.800 bits per heavy atom. The molecule has 3 rings (SSSR count). The number of halogens is 4. The van der Waals surface area contributed by atoms with Crippen LogP contribution in [-0.4, -0.2) is 10.2 Å². The Hall–Kier alpha value is -0.0400. The maximum absolute atomic E-state index is 10.1. The zero-order valence-corrected chi connectivity index (χ0v) is 20.0. The zero-order chi connectivity index (χ0) is 18.4. The molecule has 1 aliphatic carbocycles. The quantitative estimate of drug-likeness (QED) is 0.373. The van der Waals surface area contributed by atoms with Crippen LogP contribution in [0.1, 0.15) is 43.7 Å². The number of benzene rings is 2. The lowest BCUT2D eigenvalue weighted by Crippen LogP contribution is -2.38. The van der Waals surface area contributed by atoms with Crippen molar-refractivity contribution in [2.75, 3.05) is 0 Å². The monoisotopic (exact) mass is 594 g/mol. The predicted octanol–water partition coefficient (Wildman–Crippen LogP) is 7.64. The molecule has 0 bridgehead atoms. The third-order valence-corrected chi connectivity index (χ3v) is 7.78. The van der Waals surface area contributed by atoms with Crippen LogP contribution in [0.3, 0.4) is 0 Å². The van der Waals surface area contributed by atoms with Crippen LogP contribution in [-0.2, 0) is 5.41 Å². The van der Waals surface area contributed by atoms with Crippen molar-refractivity contribution in [3.05, 3.63) is 53.3 Å². The van der Waals surface area contributed by atoms with Crippen molar-refractivity contribution in [2.45, 2.75) is 38.0 Å². The average Bonchev–Trinajstić information content (AvgIpc) is 2.57. The molecule has 25 heavy (non-hydrogen) atoms. The van der Waals surface area contributed by atoms with Crippen LogP contribution < -0.4 is 0 Å². The molecular formula is C19H18Br4O2. The van der Waals surface area contributed by atoms with Crippen LogP contribution >= 0.6 is 63.7 Å². The number of aromatic hydroxyl groups is 2. The Balaban J connectivity index is 2.29. The fourth-order valence-corrected chi connectivity index (χ4v) is 6.39. The Morgan fingerprint density at radius 2 is 1.20 bits per heavy atom. The molecule has 1 atom stereocenters. The maximum Gasteiger partial charge on any atom is 0.143 e. The molecule has 0 aliphatic heterocycles. The predicted molar refractivity (Wildman–Crippen MR) is 115 cm³/mol. The number of phenolic OH excluding ortho intramolecular Hbond substituents is 2. The summed E-state index contributed by atoms with van der Waals surface area (Å²) < 4.78 is 2.74. The maximum atomic E-state index is 10.1. The fourth-order valence-electron chi connectivity index (χ4n) is 4.02. The molecule has 0 aromatic heterocycles. The molecule has 0 saturated heterocycles. The van der Waals surface area contributed by atoms with E-state index in [0.717, 1.165) is 19.3 Å². The summed E-state index contributed by atoms with van der Waals surface area (Å²) in [5.41, 5.74) is 2.16. The molecule has 2 nitrogen and oxygen atoms in total. The summed E-state index contributed by atoms with van der Waals surface area (Å²) in [7, 11) is 0. The molecule has 1 aliphatic rings. The molecular weight excluding hydrogens is 580 g/mol. The van der Waals surface area contributed by atoms with E-state index in [0.29, 0.717) is 23.8 Å². The molecule has 1 unspecified atom stereocenters. The van der Waals surface area contributed by atoms with E-state index in [-0.39, 0.29) is 16.9 Å². The second-order valence-corrected chi connectivity index (χ2v) is 10.1. The Morgan fingerprint density at radius 3 is 1.56 bits per heavy atom. The number of rotatable bonds is 2. The Kier molecular flexibility index (Phi) is 5.94. The van der Waals surface area contributed by atoms with E-state index in [1.807, 2.05) is 24.3 Å². The minimum absolute atomic E-state index is 0.171. The lowest BCUT2D eigenvalue weighted by Gasteiger charge is -2.44. The highest BCUT2D eigenvalue weighted by atomic mass is 79.9. The standard InChI is InChI=1S/C19H18Br4O2/c1-10-4-2-3-5-19(10,11-6-13(20)17(24)14(21)7-11)12-8-15(22)18(25)16(23)9-12/h6-10,24-25H,2-5H2,1H3.